The van der Waals surface area contributed by atoms with Gasteiger partial charge in [-0.25, -0.2) is 0 Å². The molecule has 0 amide bonds. The van der Waals surface area contributed by atoms with Gasteiger partial charge in [0.25, 0.3) is 0 Å². The van der Waals surface area contributed by atoms with Gasteiger partial charge in [0.05, 0.1) is 20.3 Å². The van der Waals surface area contributed by atoms with E-state index in [1.165, 1.54) is 7.11 Å². The first-order chi connectivity index (χ1) is 9.38. The second-order valence-electron chi connectivity index (χ2n) is 6.99. The fraction of sp³-hybridized carbons (Fsp3) is 0.933. The minimum atomic E-state index is -0.586. The summed E-state index contributed by atoms with van der Waals surface area (Å²) in [6.45, 7) is 5.60. The SMILES string of the molecule is COC(=O)[C@@H](N)C1(CC2OCC(C)(C)CO2)CCCC1. The van der Waals surface area contributed by atoms with E-state index in [0.29, 0.717) is 19.6 Å². The van der Waals surface area contributed by atoms with Crippen LogP contribution < -0.4 is 5.73 Å². The average Bonchev–Trinajstić information content (AvgIpc) is 2.89. The van der Waals surface area contributed by atoms with Crippen LogP contribution in [0.5, 0.6) is 0 Å². The monoisotopic (exact) mass is 285 g/mol. The summed E-state index contributed by atoms with van der Waals surface area (Å²) in [7, 11) is 1.39. The Labute approximate surface area is 121 Å². The molecule has 1 heterocycles. The van der Waals surface area contributed by atoms with E-state index in [1.807, 2.05) is 0 Å². The van der Waals surface area contributed by atoms with Gasteiger partial charge in [-0.3, -0.25) is 4.79 Å². The molecule has 20 heavy (non-hydrogen) atoms. The number of nitrogens with two attached hydrogens (primary N) is 1. The standard InChI is InChI=1S/C15H27NO4/c1-14(2)9-19-11(20-10-14)8-15(6-4-5-7-15)12(16)13(17)18-3/h11-12H,4-10,16H2,1-3H3/t12-/m1/s1. The number of hydrogen-bond acceptors (Lipinski definition) is 5. The maximum Gasteiger partial charge on any atom is 0.323 e. The lowest BCUT2D eigenvalue weighted by atomic mass is 9.75. The largest absolute Gasteiger partial charge is 0.468 e. The Bertz CT molecular complexity index is 340. The minimum Gasteiger partial charge on any atom is -0.468 e. The van der Waals surface area contributed by atoms with Crippen LogP contribution in [0.2, 0.25) is 0 Å². The van der Waals surface area contributed by atoms with Crippen molar-refractivity contribution in [2.75, 3.05) is 20.3 Å². The molecule has 1 aliphatic carbocycles. The highest BCUT2D eigenvalue weighted by Gasteiger charge is 2.46. The molecule has 0 spiro atoms. The smallest absolute Gasteiger partial charge is 0.323 e. The number of esters is 1. The average molecular weight is 285 g/mol. The lowest BCUT2D eigenvalue weighted by molar-refractivity contribution is -0.234. The zero-order valence-electron chi connectivity index (χ0n) is 12.8. The van der Waals surface area contributed by atoms with Crippen molar-refractivity contribution in [3.8, 4) is 0 Å². The lowest BCUT2D eigenvalue weighted by Gasteiger charge is -2.40. The van der Waals surface area contributed by atoms with E-state index in [0.717, 1.165) is 25.7 Å². The number of carbonyl (C=O) groups is 1. The molecule has 1 aliphatic heterocycles. The van der Waals surface area contributed by atoms with Crippen molar-refractivity contribution in [1.82, 2.24) is 0 Å². The molecular weight excluding hydrogens is 258 g/mol. The molecule has 0 aromatic carbocycles. The van der Waals surface area contributed by atoms with Gasteiger partial charge in [0.15, 0.2) is 6.29 Å². The van der Waals surface area contributed by atoms with Gasteiger partial charge >= 0.3 is 5.97 Å². The molecule has 116 valence electrons. The predicted octanol–water partition coefficient (Wildman–Crippen LogP) is 1.84. The van der Waals surface area contributed by atoms with Crippen LogP contribution >= 0.6 is 0 Å². The maximum absolute atomic E-state index is 11.8. The zero-order valence-corrected chi connectivity index (χ0v) is 12.8. The van der Waals surface area contributed by atoms with Crippen LogP contribution in [-0.2, 0) is 19.0 Å². The Hall–Kier alpha value is -0.650. The second kappa shape index (κ2) is 6.00. The molecule has 5 nitrogen and oxygen atoms in total. The minimum absolute atomic E-state index is 0.0593. The topological polar surface area (TPSA) is 70.8 Å². The molecule has 2 aliphatic rings. The summed E-state index contributed by atoms with van der Waals surface area (Å²) in [5, 5.41) is 0. The maximum atomic E-state index is 11.8. The Morgan fingerprint density at radius 3 is 2.35 bits per heavy atom. The van der Waals surface area contributed by atoms with Crippen molar-refractivity contribution in [3.05, 3.63) is 0 Å². The van der Waals surface area contributed by atoms with E-state index in [2.05, 4.69) is 13.8 Å². The fourth-order valence-electron chi connectivity index (χ4n) is 3.27. The van der Waals surface area contributed by atoms with Crippen LogP contribution in [0.4, 0.5) is 0 Å². The first-order valence-electron chi connectivity index (χ1n) is 7.45. The molecule has 1 atom stereocenters. The summed E-state index contributed by atoms with van der Waals surface area (Å²) in [6.07, 6.45) is 4.51. The summed E-state index contributed by atoms with van der Waals surface area (Å²) in [6, 6.07) is -0.586. The van der Waals surface area contributed by atoms with Crippen molar-refractivity contribution >= 4 is 5.97 Å². The van der Waals surface area contributed by atoms with E-state index >= 15 is 0 Å². The summed E-state index contributed by atoms with van der Waals surface area (Å²) in [5.41, 5.74) is 5.98. The van der Waals surface area contributed by atoms with Crippen molar-refractivity contribution in [2.45, 2.75) is 58.3 Å². The molecule has 2 fully saturated rings. The number of carbonyl (C=O) groups excluding carboxylic acids is 1. The molecule has 5 heteroatoms. The van der Waals surface area contributed by atoms with E-state index in [1.54, 1.807) is 0 Å². The number of ether oxygens (including phenoxy) is 3. The molecule has 0 bridgehead atoms. The van der Waals surface area contributed by atoms with Crippen LogP contribution in [0.25, 0.3) is 0 Å². The third kappa shape index (κ3) is 3.32. The van der Waals surface area contributed by atoms with Gasteiger partial charge < -0.3 is 19.9 Å². The molecule has 0 unspecified atom stereocenters. The molecular formula is C15H27NO4. The highest BCUT2D eigenvalue weighted by atomic mass is 16.7. The first kappa shape index (κ1) is 15.7. The van der Waals surface area contributed by atoms with Gasteiger partial charge in [0.2, 0.25) is 0 Å². The van der Waals surface area contributed by atoms with Crippen LogP contribution in [0.15, 0.2) is 0 Å². The first-order valence-corrected chi connectivity index (χ1v) is 7.45. The van der Waals surface area contributed by atoms with Gasteiger partial charge in [-0.2, -0.15) is 0 Å². The molecule has 1 saturated heterocycles. The van der Waals surface area contributed by atoms with Gasteiger partial charge in [-0.15, -0.1) is 0 Å². The summed E-state index contributed by atoms with van der Waals surface area (Å²) in [4.78, 5) is 11.8. The fourth-order valence-corrected chi connectivity index (χ4v) is 3.27. The van der Waals surface area contributed by atoms with Crippen LogP contribution in [0, 0.1) is 10.8 Å². The predicted molar refractivity (Wildman–Crippen MR) is 75.0 cm³/mol. The van der Waals surface area contributed by atoms with Crippen LogP contribution in [-0.4, -0.2) is 38.6 Å². The van der Waals surface area contributed by atoms with E-state index in [-0.39, 0.29) is 23.1 Å². The molecule has 0 aromatic heterocycles. The molecule has 0 aromatic rings. The Morgan fingerprint density at radius 1 is 1.30 bits per heavy atom. The van der Waals surface area contributed by atoms with Crippen molar-refractivity contribution < 1.29 is 19.0 Å². The van der Waals surface area contributed by atoms with Crippen molar-refractivity contribution in [1.29, 1.82) is 0 Å². The second-order valence-corrected chi connectivity index (χ2v) is 6.99. The zero-order chi connectivity index (χ0) is 14.8. The molecule has 2 rings (SSSR count). The Balaban J connectivity index is 2.01. The number of hydrogen-bond donors (Lipinski definition) is 1. The van der Waals surface area contributed by atoms with Crippen molar-refractivity contribution in [2.24, 2.45) is 16.6 Å². The van der Waals surface area contributed by atoms with Gasteiger partial charge in [0.1, 0.15) is 6.04 Å². The molecule has 0 radical (unpaired) electrons. The third-order valence-corrected chi connectivity index (χ3v) is 4.61. The van der Waals surface area contributed by atoms with Gasteiger partial charge in [-0.05, 0) is 12.8 Å². The Morgan fingerprint density at radius 2 is 1.85 bits per heavy atom. The lowest BCUT2D eigenvalue weighted by Crippen LogP contribution is -2.50. The van der Waals surface area contributed by atoms with Crippen LogP contribution in [0.1, 0.15) is 46.0 Å². The van der Waals surface area contributed by atoms with Gasteiger partial charge in [-0.1, -0.05) is 26.7 Å². The third-order valence-electron chi connectivity index (χ3n) is 4.61. The molecule has 1 saturated carbocycles. The summed E-state index contributed by atoms with van der Waals surface area (Å²) in [5.74, 6) is -0.331. The van der Waals surface area contributed by atoms with E-state index in [9.17, 15) is 4.79 Å². The highest BCUT2D eigenvalue weighted by molar-refractivity contribution is 5.76. The van der Waals surface area contributed by atoms with Crippen molar-refractivity contribution in [3.63, 3.8) is 0 Å². The number of rotatable bonds is 4. The summed E-state index contributed by atoms with van der Waals surface area (Å²) >= 11 is 0. The van der Waals surface area contributed by atoms with Gasteiger partial charge in [0, 0.05) is 17.3 Å². The van der Waals surface area contributed by atoms with Crippen LogP contribution in [0.3, 0.4) is 0 Å². The normalized spacial score (nSPS) is 27.2. The summed E-state index contributed by atoms with van der Waals surface area (Å²) < 4.78 is 16.5. The quantitative estimate of drug-likeness (QED) is 0.798. The Kier molecular flexibility index (Phi) is 4.72. The number of methoxy groups -OCH3 is 1. The molecule has 2 N–H and O–H groups in total. The van der Waals surface area contributed by atoms with E-state index < -0.39 is 6.04 Å². The van der Waals surface area contributed by atoms with E-state index in [4.69, 9.17) is 19.9 Å². The highest BCUT2D eigenvalue weighted by Crippen LogP contribution is 2.45.